The first-order valence-electron chi connectivity index (χ1n) is 12.0. The lowest BCUT2D eigenvalue weighted by Gasteiger charge is -2.48. The van der Waals surface area contributed by atoms with Crippen LogP contribution in [0.3, 0.4) is 0 Å². The fourth-order valence-electron chi connectivity index (χ4n) is 5.87. The first-order valence-corrected chi connectivity index (χ1v) is 12.0. The van der Waals surface area contributed by atoms with Gasteiger partial charge in [0.2, 0.25) is 5.91 Å². The maximum absolute atomic E-state index is 13.3. The molecule has 2 saturated carbocycles. The van der Waals surface area contributed by atoms with Gasteiger partial charge in [-0.1, -0.05) is 31.0 Å². The van der Waals surface area contributed by atoms with Gasteiger partial charge in [0, 0.05) is 43.3 Å². The highest BCUT2D eigenvalue weighted by atomic mass is 16.5. The van der Waals surface area contributed by atoms with Crippen molar-refractivity contribution in [2.75, 3.05) is 19.7 Å². The Morgan fingerprint density at radius 1 is 0.933 bits per heavy atom. The molecule has 2 saturated heterocycles. The number of carbonyl (C=O) groups excluding carboxylic acids is 2. The number of hydrogen-bond acceptors (Lipinski definition) is 3. The van der Waals surface area contributed by atoms with Gasteiger partial charge in [-0.2, -0.15) is 0 Å². The largest absolute Gasteiger partial charge is 0.375 e. The lowest BCUT2D eigenvalue weighted by Crippen LogP contribution is -2.56. The molecule has 30 heavy (non-hydrogen) atoms. The summed E-state index contributed by atoms with van der Waals surface area (Å²) in [6.07, 6.45) is 10.4. The van der Waals surface area contributed by atoms with Gasteiger partial charge in [0.05, 0.1) is 5.60 Å². The van der Waals surface area contributed by atoms with E-state index < -0.39 is 0 Å². The van der Waals surface area contributed by atoms with Crippen molar-refractivity contribution in [3.8, 4) is 0 Å². The number of piperidine rings is 1. The molecule has 4 fully saturated rings. The second-order valence-electron chi connectivity index (χ2n) is 9.79. The van der Waals surface area contributed by atoms with E-state index in [0.717, 1.165) is 70.0 Å². The molecule has 0 radical (unpaired) electrons. The van der Waals surface area contributed by atoms with E-state index in [4.69, 9.17) is 4.74 Å². The highest BCUT2D eigenvalue weighted by Gasteiger charge is 2.46. The fourth-order valence-corrected chi connectivity index (χ4v) is 5.87. The van der Waals surface area contributed by atoms with Crippen LogP contribution < -0.4 is 0 Å². The first-order chi connectivity index (χ1) is 14.7. The molecule has 1 unspecified atom stereocenters. The van der Waals surface area contributed by atoms with Crippen LogP contribution >= 0.6 is 0 Å². The first kappa shape index (κ1) is 20.0. The van der Waals surface area contributed by atoms with Gasteiger partial charge in [-0.05, 0) is 63.5 Å². The average molecular weight is 411 g/mol. The molecule has 5 rings (SSSR count). The highest BCUT2D eigenvalue weighted by Crippen LogP contribution is 2.41. The van der Waals surface area contributed by atoms with Crippen molar-refractivity contribution in [3.63, 3.8) is 0 Å². The number of hydrogen-bond donors (Lipinski definition) is 0. The highest BCUT2D eigenvalue weighted by molar-refractivity contribution is 5.94. The monoisotopic (exact) mass is 410 g/mol. The molecule has 4 aliphatic rings. The lowest BCUT2D eigenvalue weighted by molar-refractivity contribution is -0.150. The van der Waals surface area contributed by atoms with Crippen LogP contribution in [0.2, 0.25) is 0 Å². The summed E-state index contributed by atoms with van der Waals surface area (Å²) in [5.74, 6) is 0.801. The van der Waals surface area contributed by atoms with Crippen molar-refractivity contribution in [2.45, 2.75) is 81.9 Å². The smallest absolute Gasteiger partial charge is 0.254 e. The number of amides is 2. The Kier molecular flexibility index (Phi) is 5.57. The minimum Gasteiger partial charge on any atom is -0.375 e. The van der Waals surface area contributed by atoms with Gasteiger partial charge in [0.25, 0.3) is 5.91 Å². The SMILES string of the molecule is O=C(C1CCCC1)N1CCC2(CC1)CC(N(C(=O)c1ccccc1)C1CC1)CCO2. The van der Waals surface area contributed by atoms with Crippen molar-refractivity contribution >= 4 is 11.8 Å². The Labute approximate surface area is 179 Å². The van der Waals surface area contributed by atoms with Crippen molar-refractivity contribution in [3.05, 3.63) is 35.9 Å². The summed E-state index contributed by atoms with van der Waals surface area (Å²) in [7, 11) is 0. The molecule has 5 heteroatoms. The summed E-state index contributed by atoms with van der Waals surface area (Å²) in [6, 6.07) is 10.3. The molecule has 0 bridgehead atoms. The molecular weight excluding hydrogens is 376 g/mol. The van der Waals surface area contributed by atoms with E-state index >= 15 is 0 Å². The van der Waals surface area contributed by atoms with Crippen molar-refractivity contribution in [2.24, 2.45) is 5.92 Å². The van der Waals surface area contributed by atoms with Crippen LogP contribution in [-0.4, -0.2) is 59.0 Å². The van der Waals surface area contributed by atoms with E-state index in [1.54, 1.807) is 0 Å². The van der Waals surface area contributed by atoms with E-state index in [1.807, 2.05) is 30.3 Å². The summed E-state index contributed by atoms with van der Waals surface area (Å²) in [4.78, 5) is 30.4. The number of ether oxygens (including phenoxy) is 1. The van der Waals surface area contributed by atoms with Gasteiger partial charge in [-0.25, -0.2) is 0 Å². The Morgan fingerprint density at radius 3 is 2.30 bits per heavy atom. The lowest BCUT2D eigenvalue weighted by atomic mass is 9.81. The van der Waals surface area contributed by atoms with Crippen LogP contribution in [0.5, 0.6) is 0 Å². The maximum Gasteiger partial charge on any atom is 0.254 e. The van der Waals surface area contributed by atoms with E-state index in [9.17, 15) is 9.59 Å². The van der Waals surface area contributed by atoms with Crippen molar-refractivity contribution in [1.29, 1.82) is 0 Å². The quantitative estimate of drug-likeness (QED) is 0.753. The van der Waals surface area contributed by atoms with Crippen LogP contribution in [0, 0.1) is 5.92 Å². The van der Waals surface area contributed by atoms with E-state index in [2.05, 4.69) is 9.80 Å². The van der Waals surface area contributed by atoms with Crippen molar-refractivity contribution < 1.29 is 14.3 Å². The third-order valence-electron chi connectivity index (χ3n) is 7.75. The molecule has 2 amide bonds. The van der Waals surface area contributed by atoms with Crippen LogP contribution in [0.1, 0.15) is 74.6 Å². The maximum atomic E-state index is 13.3. The van der Waals surface area contributed by atoms with Gasteiger partial charge >= 0.3 is 0 Å². The van der Waals surface area contributed by atoms with E-state index in [0.29, 0.717) is 18.6 Å². The Balaban J connectivity index is 1.25. The zero-order valence-electron chi connectivity index (χ0n) is 17.9. The molecule has 162 valence electrons. The Hall–Kier alpha value is -1.88. The molecule has 2 aliphatic heterocycles. The summed E-state index contributed by atoms with van der Waals surface area (Å²) >= 11 is 0. The number of rotatable bonds is 4. The van der Waals surface area contributed by atoms with Crippen LogP contribution in [0.15, 0.2) is 30.3 Å². The summed E-state index contributed by atoms with van der Waals surface area (Å²) in [6.45, 7) is 2.32. The van der Waals surface area contributed by atoms with Gasteiger partial charge in [0.15, 0.2) is 0 Å². The zero-order valence-corrected chi connectivity index (χ0v) is 17.9. The molecule has 1 atom stereocenters. The third kappa shape index (κ3) is 4.01. The standard InChI is InChI=1S/C25H34N2O3/c28-23(19-8-4-5-9-19)26-15-13-25(14-16-26)18-22(12-17-30-25)27(21-10-11-21)24(29)20-6-2-1-3-7-20/h1-3,6-7,19,21-22H,4-5,8-18H2. The Bertz CT molecular complexity index is 762. The normalized spacial score (nSPS) is 26.7. The predicted octanol–water partition coefficient (Wildman–Crippen LogP) is 4.02. The summed E-state index contributed by atoms with van der Waals surface area (Å²) < 4.78 is 6.35. The molecule has 0 aromatic heterocycles. The van der Waals surface area contributed by atoms with Gasteiger partial charge < -0.3 is 14.5 Å². The molecule has 2 aliphatic carbocycles. The topological polar surface area (TPSA) is 49.9 Å². The third-order valence-corrected chi connectivity index (χ3v) is 7.75. The number of nitrogens with zero attached hydrogens (tertiary/aromatic N) is 2. The predicted molar refractivity (Wildman–Crippen MR) is 115 cm³/mol. The van der Waals surface area contributed by atoms with Gasteiger partial charge in [-0.3, -0.25) is 9.59 Å². The second-order valence-corrected chi connectivity index (χ2v) is 9.79. The number of likely N-dealkylation sites (tertiary alicyclic amines) is 1. The molecule has 0 N–H and O–H groups in total. The molecule has 2 heterocycles. The van der Waals surface area contributed by atoms with Gasteiger partial charge in [-0.15, -0.1) is 0 Å². The molecule has 1 aromatic carbocycles. The molecular formula is C25H34N2O3. The Morgan fingerprint density at radius 2 is 1.63 bits per heavy atom. The minimum atomic E-state index is -0.167. The summed E-state index contributed by atoms with van der Waals surface area (Å²) in [5.41, 5.74) is 0.626. The number of benzene rings is 1. The number of carbonyl (C=O) groups is 2. The van der Waals surface area contributed by atoms with Crippen LogP contribution in [-0.2, 0) is 9.53 Å². The minimum absolute atomic E-state index is 0.167. The zero-order chi connectivity index (χ0) is 20.6. The summed E-state index contributed by atoms with van der Waals surface area (Å²) in [5, 5.41) is 0. The average Bonchev–Trinajstić information content (AvgIpc) is 3.46. The molecule has 5 nitrogen and oxygen atoms in total. The van der Waals surface area contributed by atoms with E-state index in [-0.39, 0.29) is 23.5 Å². The van der Waals surface area contributed by atoms with E-state index in [1.165, 1.54) is 12.8 Å². The van der Waals surface area contributed by atoms with Gasteiger partial charge in [0.1, 0.15) is 0 Å². The van der Waals surface area contributed by atoms with Crippen LogP contribution in [0.4, 0.5) is 0 Å². The molecule has 1 spiro atoms. The fraction of sp³-hybridized carbons (Fsp3) is 0.680. The second kappa shape index (κ2) is 8.33. The van der Waals surface area contributed by atoms with Crippen molar-refractivity contribution in [1.82, 2.24) is 9.80 Å². The van der Waals surface area contributed by atoms with Crippen LogP contribution in [0.25, 0.3) is 0 Å². The molecule has 1 aromatic rings.